The van der Waals surface area contributed by atoms with Crippen LogP contribution in [0.1, 0.15) is 36.9 Å². The SMILES string of the molecule is CCCC(NCc1cc(OC)c(OC)cc1OC)c1ccccc1.Cl. The summed E-state index contributed by atoms with van der Waals surface area (Å²) in [6, 6.07) is 14.7. The van der Waals surface area contributed by atoms with Gasteiger partial charge in [0, 0.05) is 24.2 Å². The van der Waals surface area contributed by atoms with E-state index in [1.165, 1.54) is 5.56 Å². The van der Waals surface area contributed by atoms with Gasteiger partial charge in [-0.1, -0.05) is 43.7 Å². The predicted octanol–water partition coefficient (Wildman–Crippen LogP) is 4.77. The smallest absolute Gasteiger partial charge is 0.164 e. The average molecular weight is 366 g/mol. The van der Waals surface area contributed by atoms with E-state index in [4.69, 9.17) is 14.2 Å². The third-order valence-electron chi connectivity index (χ3n) is 4.10. The first-order valence-corrected chi connectivity index (χ1v) is 8.30. The van der Waals surface area contributed by atoms with Crippen LogP contribution in [-0.4, -0.2) is 21.3 Å². The molecule has 2 aromatic rings. The van der Waals surface area contributed by atoms with E-state index in [0.717, 1.165) is 24.2 Å². The van der Waals surface area contributed by atoms with Crippen LogP contribution in [0.3, 0.4) is 0 Å². The van der Waals surface area contributed by atoms with E-state index in [1.807, 2.05) is 18.2 Å². The van der Waals surface area contributed by atoms with Crippen LogP contribution in [0.5, 0.6) is 17.2 Å². The quantitative estimate of drug-likeness (QED) is 0.695. The van der Waals surface area contributed by atoms with Gasteiger partial charge in [0.2, 0.25) is 0 Å². The summed E-state index contributed by atoms with van der Waals surface area (Å²) >= 11 is 0. The zero-order valence-electron chi connectivity index (χ0n) is 15.4. The summed E-state index contributed by atoms with van der Waals surface area (Å²) in [6.07, 6.45) is 2.20. The lowest BCUT2D eigenvalue weighted by Crippen LogP contribution is -2.21. The largest absolute Gasteiger partial charge is 0.496 e. The maximum atomic E-state index is 5.51. The highest BCUT2D eigenvalue weighted by atomic mass is 35.5. The van der Waals surface area contributed by atoms with Gasteiger partial charge in [-0.15, -0.1) is 12.4 Å². The molecule has 0 fully saturated rings. The minimum absolute atomic E-state index is 0. The minimum atomic E-state index is 0. The number of ether oxygens (including phenoxy) is 3. The van der Waals surface area contributed by atoms with Gasteiger partial charge in [-0.25, -0.2) is 0 Å². The van der Waals surface area contributed by atoms with E-state index < -0.39 is 0 Å². The minimum Gasteiger partial charge on any atom is -0.496 e. The molecule has 0 spiro atoms. The highest BCUT2D eigenvalue weighted by Gasteiger charge is 2.14. The Morgan fingerprint density at radius 3 is 2.04 bits per heavy atom. The highest BCUT2D eigenvalue weighted by Crippen LogP contribution is 2.35. The highest BCUT2D eigenvalue weighted by molar-refractivity contribution is 5.85. The van der Waals surface area contributed by atoms with Gasteiger partial charge in [-0.3, -0.25) is 0 Å². The molecule has 0 aliphatic carbocycles. The second-order valence-corrected chi connectivity index (χ2v) is 5.65. The van der Waals surface area contributed by atoms with Crippen LogP contribution < -0.4 is 19.5 Å². The standard InChI is InChI=1S/C20H27NO3.ClH/c1-5-9-17(15-10-7-6-8-11-15)21-14-16-12-19(23-3)20(24-4)13-18(16)22-2;/h6-8,10-13,17,21H,5,9,14H2,1-4H3;1H. The molecule has 1 atom stereocenters. The van der Waals surface area contributed by atoms with Crippen molar-refractivity contribution in [2.24, 2.45) is 0 Å². The summed E-state index contributed by atoms with van der Waals surface area (Å²) in [7, 11) is 4.94. The number of rotatable bonds is 9. The molecule has 5 heteroatoms. The predicted molar refractivity (Wildman–Crippen MR) is 104 cm³/mol. The molecule has 25 heavy (non-hydrogen) atoms. The molecule has 4 nitrogen and oxygen atoms in total. The molecule has 1 N–H and O–H groups in total. The number of halogens is 1. The van der Waals surface area contributed by atoms with Crippen LogP contribution in [0.25, 0.3) is 0 Å². The number of hydrogen-bond acceptors (Lipinski definition) is 4. The molecule has 0 aromatic heterocycles. The van der Waals surface area contributed by atoms with Gasteiger partial charge in [-0.05, 0) is 18.1 Å². The first-order chi connectivity index (χ1) is 11.7. The van der Waals surface area contributed by atoms with Crippen molar-refractivity contribution in [3.8, 4) is 17.2 Å². The van der Waals surface area contributed by atoms with E-state index in [-0.39, 0.29) is 12.4 Å². The Hall–Kier alpha value is -1.91. The van der Waals surface area contributed by atoms with Crippen LogP contribution in [0.2, 0.25) is 0 Å². The lowest BCUT2D eigenvalue weighted by molar-refractivity contribution is 0.346. The third-order valence-corrected chi connectivity index (χ3v) is 4.10. The lowest BCUT2D eigenvalue weighted by atomic mass is 10.0. The maximum absolute atomic E-state index is 5.51. The zero-order chi connectivity index (χ0) is 17.4. The Morgan fingerprint density at radius 1 is 0.880 bits per heavy atom. The Bertz CT molecular complexity index is 634. The fourth-order valence-corrected chi connectivity index (χ4v) is 2.82. The Morgan fingerprint density at radius 2 is 1.48 bits per heavy atom. The van der Waals surface area contributed by atoms with Gasteiger partial charge >= 0.3 is 0 Å². The number of benzene rings is 2. The van der Waals surface area contributed by atoms with Crippen molar-refractivity contribution >= 4 is 12.4 Å². The molecule has 0 saturated heterocycles. The number of hydrogen-bond donors (Lipinski definition) is 1. The van der Waals surface area contributed by atoms with E-state index >= 15 is 0 Å². The van der Waals surface area contributed by atoms with E-state index in [0.29, 0.717) is 24.1 Å². The van der Waals surface area contributed by atoms with Gasteiger partial charge in [0.05, 0.1) is 21.3 Å². The normalized spacial score (nSPS) is 11.4. The molecular weight excluding hydrogens is 338 g/mol. The summed E-state index contributed by atoms with van der Waals surface area (Å²) in [4.78, 5) is 0. The van der Waals surface area contributed by atoms with E-state index in [9.17, 15) is 0 Å². The van der Waals surface area contributed by atoms with Crippen molar-refractivity contribution in [2.75, 3.05) is 21.3 Å². The van der Waals surface area contributed by atoms with Crippen molar-refractivity contribution < 1.29 is 14.2 Å². The van der Waals surface area contributed by atoms with Crippen LogP contribution in [0, 0.1) is 0 Å². The summed E-state index contributed by atoms with van der Waals surface area (Å²) < 4.78 is 16.3. The lowest BCUT2D eigenvalue weighted by Gasteiger charge is -2.20. The summed E-state index contributed by atoms with van der Waals surface area (Å²) in [5, 5.41) is 3.64. The molecule has 2 aromatic carbocycles. The fraction of sp³-hybridized carbons (Fsp3) is 0.400. The van der Waals surface area contributed by atoms with Gasteiger partial charge in [0.15, 0.2) is 11.5 Å². The Balaban J connectivity index is 0.00000312. The van der Waals surface area contributed by atoms with Crippen molar-refractivity contribution in [1.29, 1.82) is 0 Å². The molecule has 2 rings (SSSR count). The van der Waals surface area contributed by atoms with E-state index in [2.05, 4.69) is 36.5 Å². The maximum Gasteiger partial charge on any atom is 0.164 e. The molecular formula is C20H28ClNO3. The molecule has 0 aliphatic heterocycles. The fourth-order valence-electron chi connectivity index (χ4n) is 2.82. The third kappa shape index (κ3) is 5.55. The van der Waals surface area contributed by atoms with Gasteiger partial charge in [0.1, 0.15) is 5.75 Å². The summed E-state index contributed by atoms with van der Waals surface area (Å²) in [5.41, 5.74) is 2.35. The van der Waals surface area contributed by atoms with Crippen molar-refractivity contribution in [1.82, 2.24) is 5.32 Å². The van der Waals surface area contributed by atoms with E-state index in [1.54, 1.807) is 21.3 Å². The molecule has 1 unspecified atom stereocenters. The molecule has 138 valence electrons. The Labute approximate surface area is 156 Å². The van der Waals surface area contributed by atoms with Crippen LogP contribution in [0.4, 0.5) is 0 Å². The first-order valence-electron chi connectivity index (χ1n) is 8.30. The molecule has 0 aliphatic rings. The summed E-state index contributed by atoms with van der Waals surface area (Å²) in [5.74, 6) is 2.18. The second-order valence-electron chi connectivity index (χ2n) is 5.65. The van der Waals surface area contributed by atoms with Crippen LogP contribution >= 0.6 is 12.4 Å². The average Bonchev–Trinajstić information content (AvgIpc) is 2.65. The monoisotopic (exact) mass is 365 g/mol. The molecule has 0 radical (unpaired) electrons. The molecule has 0 saturated carbocycles. The van der Waals surface area contributed by atoms with Crippen molar-refractivity contribution in [3.05, 3.63) is 53.6 Å². The van der Waals surface area contributed by atoms with Gasteiger partial charge in [0.25, 0.3) is 0 Å². The number of methoxy groups -OCH3 is 3. The van der Waals surface area contributed by atoms with Crippen LogP contribution in [0.15, 0.2) is 42.5 Å². The topological polar surface area (TPSA) is 39.7 Å². The summed E-state index contributed by atoms with van der Waals surface area (Å²) in [6.45, 7) is 2.90. The molecule has 0 bridgehead atoms. The van der Waals surface area contributed by atoms with Crippen LogP contribution in [-0.2, 0) is 6.54 Å². The number of nitrogens with one attached hydrogen (secondary N) is 1. The van der Waals surface area contributed by atoms with Crippen molar-refractivity contribution in [2.45, 2.75) is 32.4 Å². The van der Waals surface area contributed by atoms with Gasteiger partial charge < -0.3 is 19.5 Å². The zero-order valence-corrected chi connectivity index (χ0v) is 16.2. The molecule has 0 heterocycles. The first kappa shape index (κ1) is 21.1. The van der Waals surface area contributed by atoms with Gasteiger partial charge in [-0.2, -0.15) is 0 Å². The second kappa shape index (κ2) is 10.9. The molecule has 0 amide bonds. The Kier molecular flexibility index (Phi) is 9.17. The van der Waals surface area contributed by atoms with Crippen molar-refractivity contribution in [3.63, 3.8) is 0 Å².